The maximum absolute atomic E-state index is 11.1. The third-order valence-corrected chi connectivity index (χ3v) is 3.02. The summed E-state index contributed by atoms with van der Waals surface area (Å²) < 4.78 is 22.3. The minimum atomic E-state index is -3.86. The molecule has 0 saturated carbocycles. The first kappa shape index (κ1) is 12.6. The van der Waals surface area contributed by atoms with E-state index in [1.54, 1.807) is 6.92 Å². The smallest absolute Gasteiger partial charge is 0.262 e. The second kappa shape index (κ2) is 5.06. The quantitative estimate of drug-likeness (QED) is 0.679. The van der Waals surface area contributed by atoms with Crippen LogP contribution in [0.3, 0.4) is 0 Å². The molecule has 7 heteroatoms. The fourth-order valence-corrected chi connectivity index (χ4v) is 1.62. The molecule has 0 saturated heterocycles. The third-order valence-electron chi connectivity index (χ3n) is 1.89. The largest absolute Gasteiger partial charge is 0.326 e. The van der Waals surface area contributed by atoms with E-state index in [1.165, 1.54) is 29.2 Å². The minimum absolute atomic E-state index is 0.0792. The maximum atomic E-state index is 11.1. The van der Waals surface area contributed by atoms with E-state index in [0.717, 1.165) is 0 Å². The number of hydrogen-bond donors (Lipinski definition) is 3. The van der Waals surface area contributed by atoms with Crippen LogP contribution in [0, 0.1) is 0 Å². The predicted octanol–water partition coefficient (Wildman–Crippen LogP) is 0.703. The fraction of sp³-hybridized carbons (Fsp3) is 0.222. The molecule has 0 heterocycles. The molecule has 88 valence electrons. The van der Waals surface area contributed by atoms with Crippen molar-refractivity contribution in [1.82, 2.24) is 4.89 Å². The zero-order valence-corrected chi connectivity index (χ0v) is 9.41. The van der Waals surface area contributed by atoms with Crippen molar-refractivity contribution in [3.05, 3.63) is 24.3 Å². The number of nitrogens with one attached hydrogen (secondary N) is 2. The Labute approximate surface area is 93.3 Å². The molecule has 1 amide bonds. The van der Waals surface area contributed by atoms with Crippen LogP contribution in [-0.4, -0.2) is 19.5 Å². The Morgan fingerprint density at radius 1 is 1.31 bits per heavy atom. The van der Waals surface area contributed by atoms with E-state index in [2.05, 4.69) is 5.32 Å². The van der Waals surface area contributed by atoms with Gasteiger partial charge in [-0.3, -0.25) is 4.79 Å². The Bertz CT molecular complexity index is 467. The molecular weight excluding hydrogens is 232 g/mol. The van der Waals surface area contributed by atoms with E-state index >= 15 is 0 Å². The lowest BCUT2D eigenvalue weighted by atomic mass is 10.3. The first-order chi connectivity index (χ1) is 7.49. The van der Waals surface area contributed by atoms with Gasteiger partial charge in [-0.1, -0.05) is 11.8 Å². The van der Waals surface area contributed by atoms with Gasteiger partial charge in [-0.15, -0.1) is 0 Å². The van der Waals surface area contributed by atoms with Crippen LogP contribution in [0.4, 0.5) is 5.69 Å². The lowest BCUT2D eigenvalue weighted by Crippen LogP contribution is -2.19. The number of carbonyl (C=O) groups is 1. The van der Waals surface area contributed by atoms with Gasteiger partial charge in [-0.05, 0) is 24.3 Å². The van der Waals surface area contributed by atoms with Crippen molar-refractivity contribution in [2.75, 3.05) is 5.32 Å². The molecule has 1 aromatic carbocycles. The Morgan fingerprint density at radius 2 is 1.88 bits per heavy atom. The summed E-state index contributed by atoms with van der Waals surface area (Å²) in [7, 11) is -3.86. The van der Waals surface area contributed by atoms with Gasteiger partial charge in [-0.2, -0.15) is 0 Å². The highest BCUT2D eigenvalue weighted by atomic mass is 32.2. The molecule has 0 bridgehead atoms. The average Bonchev–Trinajstić information content (AvgIpc) is 2.29. The fourth-order valence-electron chi connectivity index (χ4n) is 1.02. The number of carbonyl (C=O) groups excluding carboxylic acids is 1. The monoisotopic (exact) mass is 244 g/mol. The summed E-state index contributed by atoms with van der Waals surface area (Å²) in [5.74, 6) is -0.157. The van der Waals surface area contributed by atoms with Gasteiger partial charge in [0.05, 0.1) is 4.90 Å². The van der Waals surface area contributed by atoms with Crippen LogP contribution >= 0.6 is 0 Å². The molecule has 1 aromatic rings. The van der Waals surface area contributed by atoms with Crippen molar-refractivity contribution in [2.24, 2.45) is 0 Å². The summed E-state index contributed by atoms with van der Waals surface area (Å²) in [5, 5.41) is 11.0. The van der Waals surface area contributed by atoms with Crippen molar-refractivity contribution in [1.29, 1.82) is 0 Å². The van der Waals surface area contributed by atoms with E-state index in [1.807, 2.05) is 0 Å². The van der Waals surface area contributed by atoms with E-state index in [4.69, 9.17) is 5.21 Å². The molecule has 6 nitrogen and oxygen atoms in total. The van der Waals surface area contributed by atoms with Gasteiger partial charge in [0.1, 0.15) is 0 Å². The van der Waals surface area contributed by atoms with Crippen molar-refractivity contribution in [3.63, 3.8) is 0 Å². The highest BCUT2D eigenvalue weighted by Crippen LogP contribution is 2.13. The van der Waals surface area contributed by atoms with E-state index in [0.29, 0.717) is 12.1 Å². The van der Waals surface area contributed by atoms with Crippen LogP contribution in [0.1, 0.15) is 13.3 Å². The summed E-state index contributed by atoms with van der Waals surface area (Å²) in [6.45, 7) is 1.71. The Hall–Kier alpha value is -1.44. The molecule has 3 N–H and O–H groups in total. The van der Waals surface area contributed by atoms with E-state index in [-0.39, 0.29) is 10.8 Å². The number of sulfonamides is 1. The number of amides is 1. The summed E-state index contributed by atoms with van der Waals surface area (Å²) >= 11 is 0. The summed E-state index contributed by atoms with van der Waals surface area (Å²) in [6.07, 6.45) is 0.345. The molecule has 0 aliphatic heterocycles. The van der Waals surface area contributed by atoms with Gasteiger partial charge in [0, 0.05) is 12.1 Å². The van der Waals surface area contributed by atoms with Crippen molar-refractivity contribution in [2.45, 2.75) is 18.2 Å². The first-order valence-corrected chi connectivity index (χ1v) is 6.03. The second-order valence-electron chi connectivity index (χ2n) is 3.02. The van der Waals surface area contributed by atoms with Gasteiger partial charge in [0.15, 0.2) is 0 Å². The van der Waals surface area contributed by atoms with Crippen LogP contribution in [0.25, 0.3) is 0 Å². The standard InChI is InChI=1S/C9H12N2O4S/c1-2-9(12)10-7-3-5-8(6-4-7)16(14,15)11-13/h3-6,11,13H,2H2,1H3,(H,10,12). The lowest BCUT2D eigenvalue weighted by Gasteiger charge is -2.05. The Kier molecular flexibility index (Phi) is 3.99. The molecule has 16 heavy (non-hydrogen) atoms. The molecule has 0 aliphatic rings. The predicted molar refractivity (Wildman–Crippen MR) is 57.5 cm³/mol. The van der Waals surface area contributed by atoms with Crippen molar-refractivity contribution < 1.29 is 18.4 Å². The molecule has 0 radical (unpaired) electrons. The van der Waals surface area contributed by atoms with Crippen molar-refractivity contribution in [3.8, 4) is 0 Å². The van der Waals surface area contributed by atoms with E-state index in [9.17, 15) is 13.2 Å². The first-order valence-electron chi connectivity index (χ1n) is 4.55. The lowest BCUT2D eigenvalue weighted by molar-refractivity contribution is -0.115. The molecular formula is C9H12N2O4S. The van der Waals surface area contributed by atoms with Crippen LogP contribution in [0.5, 0.6) is 0 Å². The van der Waals surface area contributed by atoms with Gasteiger partial charge < -0.3 is 10.5 Å². The second-order valence-corrected chi connectivity index (χ2v) is 4.68. The highest BCUT2D eigenvalue weighted by Gasteiger charge is 2.11. The minimum Gasteiger partial charge on any atom is -0.326 e. The summed E-state index contributed by atoms with van der Waals surface area (Å²) in [4.78, 5) is 12.2. The summed E-state index contributed by atoms with van der Waals surface area (Å²) in [5.41, 5.74) is 0.503. The van der Waals surface area contributed by atoms with Gasteiger partial charge in [0.25, 0.3) is 10.0 Å². The van der Waals surface area contributed by atoms with Gasteiger partial charge in [-0.25, -0.2) is 8.42 Å². The molecule has 0 spiro atoms. The molecule has 0 fully saturated rings. The molecule has 0 aromatic heterocycles. The summed E-state index contributed by atoms with van der Waals surface area (Å²) in [6, 6.07) is 5.45. The highest BCUT2D eigenvalue weighted by molar-refractivity contribution is 7.89. The maximum Gasteiger partial charge on any atom is 0.262 e. The SMILES string of the molecule is CCC(=O)Nc1ccc(S(=O)(=O)NO)cc1. The topological polar surface area (TPSA) is 95.5 Å². The molecule has 0 aliphatic carbocycles. The normalized spacial score (nSPS) is 11.1. The number of rotatable bonds is 4. The molecule has 1 rings (SSSR count). The number of hydrogen-bond acceptors (Lipinski definition) is 4. The van der Waals surface area contributed by atoms with Crippen LogP contribution in [0.15, 0.2) is 29.2 Å². The zero-order valence-electron chi connectivity index (χ0n) is 8.60. The van der Waals surface area contributed by atoms with Crippen LogP contribution < -0.4 is 10.2 Å². The van der Waals surface area contributed by atoms with Gasteiger partial charge >= 0.3 is 0 Å². The number of anilines is 1. The third kappa shape index (κ3) is 3.02. The molecule has 0 atom stereocenters. The zero-order chi connectivity index (χ0) is 12.2. The van der Waals surface area contributed by atoms with Crippen LogP contribution in [0.2, 0.25) is 0 Å². The Balaban J connectivity index is 2.88. The molecule has 0 unspecified atom stereocenters. The average molecular weight is 244 g/mol. The number of benzene rings is 1. The Morgan fingerprint density at radius 3 is 2.31 bits per heavy atom. The van der Waals surface area contributed by atoms with Crippen molar-refractivity contribution >= 4 is 21.6 Å². The van der Waals surface area contributed by atoms with Gasteiger partial charge in [0.2, 0.25) is 5.91 Å². The van der Waals surface area contributed by atoms with E-state index < -0.39 is 10.0 Å². The van der Waals surface area contributed by atoms with Crippen LogP contribution in [-0.2, 0) is 14.8 Å².